The van der Waals surface area contributed by atoms with Crippen LogP contribution in [0.25, 0.3) is 0 Å². The zero-order valence-corrected chi connectivity index (χ0v) is 9.52. The first kappa shape index (κ1) is 12.7. The van der Waals surface area contributed by atoms with E-state index in [1.165, 1.54) is 0 Å². The van der Waals surface area contributed by atoms with E-state index in [2.05, 4.69) is 37.4 Å². The first-order valence-electron chi connectivity index (χ1n) is 5.32. The van der Waals surface area contributed by atoms with Crippen molar-refractivity contribution in [2.24, 2.45) is 0 Å². The second-order valence-corrected chi connectivity index (χ2v) is 3.42. The van der Waals surface area contributed by atoms with Gasteiger partial charge in [0.1, 0.15) is 0 Å². The summed E-state index contributed by atoms with van der Waals surface area (Å²) in [7, 11) is 0. The lowest BCUT2D eigenvalue weighted by atomic mass is 10.1. The molecule has 0 bridgehead atoms. The minimum absolute atomic E-state index is 0.587. The Bertz CT molecular complexity index is 281. The van der Waals surface area contributed by atoms with Gasteiger partial charge in [0.25, 0.3) is 0 Å². The van der Waals surface area contributed by atoms with Gasteiger partial charge in [0.15, 0.2) is 0 Å². The van der Waals surface area contributed by atoms with E-state index in [9.17, 15) is 0 Å². The Morgan fingerprint density at radius 1 is 0.812 bits per heavy atom. The maximum Gasteiger partial charge on any atom is 0.0721 e. The fourth-order valence-electron chi connectivity index (χ4n) is 1.25. The van der Waals surface area contributed by atoms with Crippen LogP contribution in [0.4, 0.5) is 0 Å². The van der Waals surface area contributed by atoms with Crippen LogP contribution in [0.2, 0.25) is 0 Å². The molecule has 0 radical (unpaired) electrons. The Morgan fingerprint density at radius 3 is 1.50 bits per heavy atom. The average molecular weight is 218 g/mol. The Labute approximate surface area is 97.2 Å². The molecule has 0 heterocycles. The van der Waals surface area contributed by atoms with Gasteiger partial charge in [-0.25, -0.2) is 0 Å². The third kappa shape index (κ3) is 4.91. The summed E-state index contributed by atoms with van der Waals surface area (Å²) in [5.41, 5.74) is 2.32. The molecule has 0 atom stereocenters. The van der Waals surface area contributed by atoms with E-state index in [-0.39, 0.29) is 0 Å². The van der Waals surface area contributed by atoms with Crippen LogP contribution in [0.15, 0.2) is 49.6 Å². The van der Waals surface area contributed by atoms with Crippen LogP contribution < -0.4 is 0 Å². The van der Waals surface area contributed by atoms with Gasteiger partial charge in [-0.3, -0.25) is 0 Å². The van der Waals surface area contributed by atoms with Gasteiger partial charge in [0, 0.05) is 0 Å². The molecule has 2 heteroatoms. The molecule has 1 rings (SSSR count). The number of hydrogen-bond donors (Lipinski definition) is 0. The van der Waals surface area contributed by atoms with Gasteiger partial charge in [-0.2, -0.15) is 0 Å². The molecule has 0 aliphatic carbocycles. The molecule has 86 valence electrons. The highest BCUT2D eigenvalue weighted by molar-refractivity contribution is 5.21. The topological polar surface area (TPSA) is 18.5 Å². The van der Waals surface area contributed by atoms with Crippen molar-refractivity contribution in [2.45, 2.75) is 13.2 Å². The summed E-state index contributed by atoms with van der Waals surface area (Å²) in [6, 6.07) is 8.21. The van der Waals surface area contributed by atoms with E-state index >= 15 is 0 Å². The molecule has 2 nitrogen and oxygen atoms in total. The lowest BCUT2D eigenvalue weighted by molar-refractivity contribution is 0.146. The summed E-state index contributed by atoms with van der Waals surface area (Å²) >= 11 is 0. The molecule has 0 N–H and O–H groups in total. The van der Waals surface area contributed by atoms with Gasteiger partial charge in [0.2, 0.25) is 0 Å². The molecule has 0 amide bonds. The third-order valence-corrected chi connectivity index (χ3v) is 2.03. The molecule has 0 spiro atoms. The molecular formula is C14H18O2. The first-order chi connectivity index (χ1) is 7.86. The summed E-state index contributed by atoms with van der Waals surface area (Å²) < 4.78 is 10.7. The molecule has 1 aromatic carbocycles. The second-order valence-electron chi connectivity index (χ2n) is 3.42. The highest BCUT2D eigenvalue weighted by atomic mass is 16.5. The number of rotatable bonds is 8. The number of ether oxygens (including phenoxy) is 2. The van der Waals surface area contributed by atoms with Gasteiger partial charge >= 0.3 is 0 Å². The molecule has 16 heavy (non-hydrogen) atoms. The SMILES string of the molecule is C=CCOCc1ccc(COCC=C)cc1. The molecular weight excluding hydrogens is 200 g/mol. The second kappa shape index (κ2) is 7.85. The largest absolute Gasteiger partial charge is 0.373 e. The Hall–Kier alpha value is -1.38. The Kier molecular flexibility index (Phi) is 6.23. The van der Waals surface area contributed by atoms with Crippen molar-refractivity contribution in [3.63, 3.8) is 0 Å². The molecule has 1 aromatic rings. The van der Waals surface area contributed by atoms with E-state index in [0.29, 0.717) is 26.4 Å². The fourth-order valence-corrected chi connectivity index (χ4v) is 1.25. The summed E-state index contributed by atoms with van der Waals surface area (Å²) in [5, 5.41) is 0. The molecule has 0 saturated carbocycles. The van der Waals surface area contributed by atoms with Gasteiger partial charge in [-0.05, 0) is 11.1 Å². The highest BCUT2D eigenvalue weighted by Crippen LogP contribution is 2.07. The van der Waals surface area contributed by atoms with Gasteiger partial charge in [-0.15, -0.1) is 13.2 Å². The van der Waals surface area contributed by atoms with Crippen LogP contribution in [0.5, 0.6) is 0 Å². The normalized spacial score (nSPS) is 10.0. The Balaban J connectivity index is 2.35. The van der Waals surface area contributed by atoms with Crippen molar-refractivity contribution < 1.29 is 9.47 Å². The van der Waals surface area contributed by atoms with E-state index < -0.39 is 0 Å². The minimum atomic E-state index is 0.587. The van der Waals surface area contributed by atoms with Crippen molar-refractivity contribution in [2.75, 3.05) is 13.2 Å². The predicted molar refractivity (Wildman–Crippen MR) is 66.1 cm³/mol. The number of benzene rings is 1. The summed E-state index contributed by atoms with van der Waals surface area (Å²) in [4.78, 5) is 0. The zero-order valence-electron chi connectivity index (χ0n) is 9.52. The van der Waals surface area contributed by atoms with Crippen LogP contribution in [0.3, 0.4) is 0 Å². The van der Waals surface area contributed by atoms with Crippen LogP contribution in [-0.4, -0.2) is 13.2 Å². The zero-order chi connectivity index (χ0) is 11.6. The molecule has 0 aliphatic heterocycles. The van der Waals surface area contributed by atoms with Crippen molar-refractivity contribution in [3.8, 4) is 0 Å². The third-order valence-electron chi connectivity index (χ3n) is 2.03. The van der Waals surface area contributed by atoms with Crippen LogP contribution in [0, 0.1) is 0 Å². The van der Waals surface area contributed by atoms with Crippen molar-refractivity contribution >= 4 is 0 Å². The van der Waals surface area contributed by atoms with Crippen molar-refractivity contribution in [3.05, 3.63) is 60.7 Å². The van der Waals surface area contributed by atoms with Gasteiger partial charge in [-0.1, -0.05) is 36.4 Å². The molecule has 0 aliphatic rings. The van der Waals surface area contributed by atoms with Gasteiger partial charge < -0.3 is 9.47 Å². The fraction of sp³-hybridized carbons (Fsp3) is 0.286. The van der Waals surface area contributed by atoms with E-state index in [1.807, 2.05) is 0 Å². The van der Waals surface area contributed by atoms with Crippen LogP contribution in [-0.2, 0) is 22.7 Å². The van der Waals surface area contributed by atoms with E-state index in [4.69, 9.17) is 9.47 Å². The standard InChI is InChI=1S/C14H18O2/c1-3-9-15-11-13-5-7-14(8-6-13)12-16-10-4-2/h3-8H,1-2,9-12H2. The van der Waals surface area contributed by atoms with E-state index in [1.54, 1.807) is 12.2 Å². The van der Waals surface area contributed by atoms with Crippen LogP contribution in [0.1, 0.15) is 11.1 Å². The molecule has 0 aromatic heterocycles. The molecule has 0 saturated heterocycles. The number of hydrogen-bond acceptors (Lipinski definition) is 2. The maximum atomic E-state index is 5.34. The lowest BCUT2D eigenvalue weighted by Crippen LogP contribution is -1.95. The first-order valence-corrected chi connectivity index (χ1v) is 5.32. The quantitative estimate of drug-likeness (QED) is 0.493. The monoisotopic (exact) mass is 218 g/mol. The maximum absolute atomic E-state index is 5.34. The molecule has 0 fully saturated rings. The van der Waals surface area contributed by atoms with Crippen molar-refractivity contribution in [1.82, 2.24) is 0 Å². The Morgan fingerprint density at radius 2 is 1.19 bits per heavy atom. The van der Waals surface area contributed by atoms with Crippen LogP contribution >= 0.6 is 0 Å². The lowest BCUT2D eigenvalue weighted by Gasteiger charge is -2.04. The highest BCUT2D eigenvalue weighted by Gasteiger charge is 1.95. The average Bonchev–Trinajstić information content (AvgIpc) is 2.32. The summed E-state index contributed by atoms with van der Waals surface area (Å²) in [6.07, 6.45) is 3.50. The minimum Gasteiger partial charge on any atom is -0.373 e. The van der Waals surface area contributed by atoms with Gasteiger partial charge in [0.05, 0.1) is 26.4 Å². The predicted octanol–water partition coefficient (Wildman–Crippen LogP) is 3.09. The summed E-state index contributed by atoms with van der Waals surface area (Å²) in [6.45, 7) is 9.62. The molecule has 0 unspecified atom stereocenters. The van der Waals surface area contributed by atoms with Crippen molar-refractivity contribution in [1.29, 1.82) is 0 Å². The summed E-state index contributed by atoms with van der Waals surface area (Å²) in [5.74, 6) is 0. The smallest absolute Gasteiger partial charge is 0.0721 e. The van der Waals surface area contributed by atoms with E-state index in [0.717, 1.165) is 11.1 Å².